The summed E-state index contributed by atoms with van der Waals surface area (Å²) in [5.74, 6) is -1.53. The number of hydrogen-bond donors (Lipinski definition) is 1. The molecule has 11 heteroatoms. The largest absolute Gasteiger partial charge is 0.467 e. The van der Waals surface area contributed by atoms with E-state index < -0.39 is 30.4 Å². The van der Waals surface area contributed by atoms with Crippen molar-refractivity contribution in [2.75, 3.05) is 11.9 Å². The second kappa shape index (κ2) is 6.83. The monoisotopic (exact) mass is 415 g/mol. The Labute approximate surface area is 140 Å². The van der Waals surface area contributed by atoms with Gasteiger partial charge in [0.25, 0.3) is 0 Å². The third-order valence-corrected chi connectivity index (χ3v) is 3.06. The van der Waals surface area contributed by atoms with Crippen LogP contribution in [0, 0.1) is 0 Å². The predicted molar refractivity (Wildman–Crippen MR) is 76.0 cm³/mol. The van der Waals surface area contributed by atoms with Crippen molar-refractivity contribution in [1.82, 2.24) is 9.97 Å². The molecule has 0 spiro atoms. The Hall–Kier alpha value is -2.04. The van der Waals surface area contributed by atoms with Gasteiger partial charge in [0.15, 0.2) is 6.61 Å². The molecule has 1 aromatic heterocycles. The van der Waals surface area contributed by atoms with Gasteiger partial charge in [0, 0.05) is 16.4 Å². The molecule has 0 unspecified atom stereocenters. The number of anilines is 2. The second-order valence-corrected chi connectivity index (χ2v) is 5.36. The van der Waals surface area contributed by atoms with E-state index >= 15 is 0 Å². The molecule has 1 aromatic carbocycles. The maximum absolute atomic E-state index is 12.8. The van der Waals surface area contributed by atoms with Gasteiger partial charge in [-0.25, -0.2) is 4.98 Å². The Morgan fingerprint density at radius 2 is 1.67 bits per heavy atom. The highest BCUT2D eigenvalue weighted by Crippen LogP contribution is 2.36. The zero-order chi connectivity index (χ0) is 18.0. The molecule has 0 saturated heterocycles. The minimum atomic E-state index is -4.95. The van der Waals surface area contributed by atoms with Gasteiger partial charge in [-0.1, -0.05) is 15.9 Å². The van der Waals surface area contributed by atoms with Crippen molar-refractivity contribution in [3.05, 3.63) is 40.5 Å². The molecule has 0 radical (unpaired) electrons. The summed E-state index contributed by atoms with van der Waals surface area (Å²) in [6.07, 6.45) is -9.38. The van der Waals surface area contributed by atoms with Crippen LogP contribution in [0.5, 0.6) is 5.88 Å². The standard InChI is InChI=1S/C13H8BrF6N3O/c14-7-1-3-8(4-2-7)22-11-21-5-9(13(18,19)20)10(23-11)24-6-12(15,16)17/h1-5H,6H2,(H,21,22,23). The summed E-state index contributed by atoms with van der Waals surface area (Å²) in [6, 6.07) is 6.43. The highest BCUT2D eigenvalue weighted by atomic mass is 79.9. The smallest absolute Gasteiger partial charge is 0.423 e. The summed E-state index contributed by atoms with van der Waals surface area (Å²) in [6.45, 7) is -1.90. The van der Waals surface area contributed by atoms with Crippen molar-refractivity contribution in [2.45, 2.75) is 12.4 Å². The van der Waals surface area contributed by atoms with Crippen LogP contribution < -0.4 is 10.1 Å². The van der Waals surface area contributed by atoms with Crippen LogP contribution in [0.15, 0.2) is 34.9 Å². The van der Waals surface area contributed by atoms with Gasteiger partial charge in [-0.15, -0.1) is 0 Å². The van der Waals surface area contributed by atoms with Crippen molar-refractivity contribution in [3.8, 4) is 5.88 Å². The third kappa shape index (κ3) is 5.25. The zero-order valence-corrected chi connectivity index (χ0v) is 13.1. The lowest BCUT2D eigenvalue weighted by Gasteiger charge is -2.15. The van der Waals surface area contributed by atoms with Crippen LogP contribution in [0.1, 0.15) is 5.56 Å². The number of aromatic nitrogens is 2. The SMILES string of the molecule is FC(F)(F)COc1nc(Nc2ccc(Br)cc2)ncc1C(F)(F)F. The van der Waals surface area contributed by atoms with Crippen LogP contribution in [0.25, 0.3) is 0 Å². The number of benzene rings is 1. The molecule has 0 bridgehead atoms. The molecule has 24 heavy (non-hydrogen) atoms. The maximum atomic E-state index is 12.8. The van der Waals surface area contributed by atoms with E-state index in [1.165, 1.54) is 0 Å². The number of alkyl halides is 6. The molecular formula is C13H8BrF6N3O. The average Bonchev–Trinajstić information content (AvgIpc) is 2.46. The van der Waals surface area contributed by atoms with E-state index in [0.717, 1.165) is 4.47 Å². The summed E-state index contributed by atoms with van der Waals surface area (Å²) >= 11 is 3.20. The first-order chi connectivity index (χ1) is 11.0. The van der Waals surface area contributed by atoms with Gasteiger partial charge in [-0.3, -0.25) is 0 Å². The zero-order valence-electron chi connectivity index (χ0n) is 11.5. The first kappa shape index (κ1) is 18.3. The highest BCUT2D eigenvalue weighted by molar-refractivity contribution is 9.10. The van der Waals surface area contributed by atoms with Crippen molar-refractivity contribution >= 4 is 27.6 Å². The molecule has 0 aliphatic heterocycles. The van der Waals surface area contributed by atoms with Crippen LogP contribution >= 0.6 is 15.9 Å². The fourth-order valence-electron chi connectivity index (χ4n) is 1.54. The van der Waals surface area contributed by atoms with Gasteiger partial charge < -0.3 is 10.1 Å². The number of nitrogens with one attached hydrogen (secondary N) is 1. The number of halogens is 7. The van der Waals surface area contributed by atoms with Crippen molar-refractivity contribution in [1.29, 1.82) is 0 Å². The third-order valence-electron chi connectivity index (χ3n) is 2.53. The molecule has 2 rings (SSSR count). The highest BCUT2D eigenvalue weighted by Gasteiger charge is 2.38. The lowest BCUT2D eigenvalue weighted by molar-refractivity contribution is -0.159. The Kier molecular flexibility index (Phi) is 5.21. The molecule has 1 N–H and O–H groups in total. The summed E-state index contributed by atoms with van der Waals surface area (Å²) < 4.78 is 79.9. The summed E-state index contributed by atoms with van der Waals surface area (Å²) in [5.41, 5.74) is -1.06. The van der Waals surface area contributed by atoms with Crippen LogP contribution in [-0.4, -0.2) is 22.8 Å². The van der Waals surface area contributed by atoms with Crippen molar-refractivity contribution in [3.63, 3.8) is 0 Å². The molecule has 130 valence electrons. The van der Waals surface area contributed by atoms with E-state index in [4.69, 9.17) is 0 Å². The Morgan fingerprint density at radius 3 is 2.21 bits per heavy atom. The molecule has 0 amide bonds. The number of hydrogen-bond acceptors (Lipinski definition) is 4. The van der Waals surface area contributed by atoms with Crippen molar-refractivity contribution < 1.29 is 31.1 Å². The van der Waals surface area contributed by atoms with Gasteiger partial charge in [0.05, 0.1) is 0 Å². The predicted octanol–water partition coefficient (Wildman–Crippen LogP) is 4.94. The fourth-order valence-corrected chi connectivity index (χ4v) is 1.81. The van der Waals surface area contributed by atoms with E-state index in [-0.39, 0.29) is 5.95 Å². The lowest BCUT2D eigenvalue weighted by Crippen LogP contribution is -2.22. The minimum absolute atomic E-state index is 0.331. The van der Waals surface area contributed by atoms with Gasteiger partial charge >= 0.3 is 12.4 Å². The maximum Gasteiger partial charge on any atom is 0.423 e. The van der Waals surface area contributed by atoms with E-state index in [1.807, 2.05) is 0 Å². The second-order valence-electron chi connectivity index (χ2n) is 4.45. The average molecular weight is 416 g/mol. The molecule has 0 fully saturated rings. The summed E-state index contributed by atoms with van der Waals surface area (Å²) in [4.78, 5) is 6.84. The molecule has 2 aromatic rings. The molecule has 0 aliphatic rings. The van der Waals surface area contributed by atoms with Gasteiger partial charge in [0.1, 0.15) is 5.56 Å². The van der Waals surface area contributed by atoms with E-state index in [0.29, 0.717) is 11.9 Å². The van der Waals surface area contributed by atoms with Crippen molar-refractivity contribution in [2.24, 2.45) is 0 Å². The van der Waals surface area contributed by atoms with Crippen LogP contribution in [0.3, 0.4) is 0 Å². The lowest BCUT2D eigenvalue weighted by atomic mass is 10.3. The van der Waals surface area contributed by atoms with Crippen LogP contribution in [-0.2, 0) is 6.18 Å². The van der Waals surface area contributed by atoms with Crippen LogP contribution in [0.4, 0.5) is 38.0 Å². The Morgan fingerprint density at radius 1 is 1.04 bits per heavy atom. The van der Waals surface area contributed by atoms with E-state index in [2.05, 4.69) is 36.0 Å². The minimum Gasteiger partial charge on any atom is -0.467 e. The summed E-state index contributed by atoms with van der Waals surface area (Å²) in [7, 11) is 0. The van der Waals surface area contributed by atoms with E-state index in [1.54, 1.807) is 24.3 Å². The molecule has 0 aliphatic carbocycles. The van der Waals surface area contributed by atoms with Gasteiger partial charge in [0.2, 0.25) is 11.8 Å². The van der Waals surface area contributed by atoms with Gasteiger partial charge in [-0.2, -0.15) is 31.3 Å². The Bertz CT molecular complexity index is 702. The van der Waals surface area contributed by atoms with E-state index in [9.17, 15) is 26.3 Å². The molecule has 0 saturated carbocycles. The topological polar surface area (TPSA) is 47.0 Å². The number of nitrogens with zero attached hydrogens (tertiary/aromatic N) is 2. The molecule has 0 atom stereocenters. The summed E-state index contributed by atoms with van der Waals surface area (Å²) in [5, 5.41) is 2.58. The quantitative estimate of drug-likeness (QED) is 0.718. The van der Waals surface area contributed by atoms with Gasteiger partial charge in [-0.05, 0) is 24.3 Å². The number of ether oxygens (including phenoxy) is 1. The molecule has 1 heterocycles. The van der Waals surface area contributed by atoms with Crippen LogP contribution in [0.2, 0.25) is 0 Å². The normalized spacial score (nSPS) is 12.1. The molecular weight excluding hydrogens is 408 g/mol. The number of rotatable bonds is 4. The molecule has 4 nitrogen and oxygen atoms in total. The first-order valence-electron chi connectivity index (χ1n) is 6.21. The fraction of sp³-hybridized carbons (Fsp3) is 0.231. The Balaban J connectivity index is 2.28. The first-order valence-corrected chi connectivity index (χ1v) is 7.00.